The molecular weight excluding hydrogens is 379 g/mol. The second-order valence-corrected chi connectivity index (χ2v) is 6.41. The smallest absolute Gasteiger partial charge is 0.313 e. The highest BCUT2D eigenvalue weighted by Crippen LogP contribution is 2.37. The van der Waals surface area contributed by atoms with Crippen LogP contribution >= 0.6 is 23.2 Å². The molecule has 0 aliphatic carbocycles. The number of carbonyl (C=O) groups excluding carboxylic acids is 2. The number of hydrogen-bond donors (Lipinski definition) is 2. The first-order valence-corrected chi connectivity index (χ1v) is 8.71. The molecule has 3 rings (SSSR count). The number of halogens is 2. The molecule has 0 bridgehead atoms. The van der Waals surface area contributed by atoms with Gasteiger partial charge in [-0.1, -0.05) is 35.3 Å². The first kappa shape index (κ1) is 18.4. The predicted octanol–water partition coefficient (Wildman–Crippen LogP) is 3.06. The number of anilines is 1. The SMILES string of the molecule is O=C(NCCc1cccc(Cl)c1)C(=O)Nc1cc2c(cc1Cl)OCCO2. The predicted molar refractivity (Wildman–Crippen MR) is 99.2 cm³/mol. The van der Waals surface area contributed by atoms with Crippen molar-refractivity contribution in [3.8, 4) is 11.5 Å². The van der Waals surface area contributed by atoms with Crippen molar-refractivity contribution < 1.29 is 19.1 Å². The van der Waals surface area contributed by atoms with Gasteiger partial charge in [0.05, 0.1) is 10.7 Å². The largest absolute Gasteiger partial charge is 0.486 e. The van der Waals surface area contributed by atoms with Gasteiger partial charge in [0.1, 0.15) is 13.2 Å². The van der Waals surface area contributed by atoms with Gasteiger partial charge in [0, 0.05) is 23.7 Å². The van der Waals surface area contributed by atoms with E-state index in [0.29, 0.717) is 42.7 Å². The number of benzene rings is 2. The van der Waals surface area contributed by atoms with Gasteiger partial charge in [0.15, 0.2) is 11.5 Å². The monoisotopic (exact) mass is 394 g/mol. The summed E-state index contributed by atoms with van der Waals surface area (Å²) in [5.41, 5.74) is 1.25. The van der Waals surface area contributed by atoms with Crippen LogP contribution in [0.4, 0.5) is 5.69 Å². The maximum absolute atomic E-state index is 12.1. The van der Waals surface area contributed by atoms with Crippen molar-refractivity contribution in [3.63, 3.8) is 0 Å². The summed E-state index contributed by atoms with van der Waals surface area (Å²) in [5.74, 6) is -0.588. The van der Waals surface area contributed by atoms with Gasteiger partial charge >= 0.3 is 11.8 Å². The minimum Gasteiger partial charge on any atom is -0.486 e. The fourth-order valence-corrected chi connectivity index (χ4v) is 2.85. The van der Waals surface area contributed by atoms with Gasteiger partial charge in [-0.15, -0.1) is 0 Å². The molecule has 1 aliphatic rings. The fraction of sp³-hybridized carbons (Fsp3) is 0.222. The van der Waals surface area contributed by atoms with E-state index in [2.05, 4.69) is 10.6 Å². The van der Waals surface area contributed by atoms with Gasteiger partial charge in [0.2, 0.25) is 0 Å². The van der Waals surface area contributed by atoms with Crippen LogP contribution in [0.25, 0.3) is 0 Å². The van der Waals surface area contributed by atoms with Crippen molar-refractivity contribution >= 4 is 40.7 Å². The molecule has 0 unspecified atom stereocenters. The van der Waals surface area contributed by atoms with E-state index in [9.17, 15) is 9.59 Å². The molecule has 0 fully saturated rings. The Morgan fingerprint density at radius 2 is 1.73 bits per heavy atom. The highest BCUT2D eigenvalue weighted by Gasteiger charge is 2.19. The minimum absolute atomic E-state index is 0.259. The molecule has 0 aromatic heterocycles. The van der Waals surface area contributed by atoms with Crippen molar-refractivity contribution in [2.45, 2.75) is 6.42 Å². The number of amides is 2. The topological polar surface area (TPSA) is 76.7 Å². The lowest BCUT2D eigenvalue weighted by molar-refractivity contribution is -0.136. The van der Waals surface area contributed by atoms with Crippen molar-refractivity contribution in [1.82, 2.24) is 5.32 Å². The summed E-state index contributed by atoms with van der Waals surface area (Å²) < 4.78 is 10.8. The number of nitrogens with one attached hydrogen (secondary N) is 2. The van der Waals surface area contributed by atoms with Crippen molar-refractivity contribution in [2.75, 3.05) is 25.1 Å². The zero-order chi connectivity index (χ0) is 18.5. The molecule has 2 aromatic carbocycles. The highest BCUT2D eigenvalue weighted by molar-refractivity contribution is 6.41. The summed E-state index contributed by atoms with van der Waals surface area (Å²) in [6.07, 6.45) is 0.560. The zero-order valence-corrected chi connectivity index (χ0v) is 15.2. The fourth-order valence-electron chi connectivity index (χ4n) is 2.43. The van der Waals surface area contributed by atoms with Gasteiger partial charge in [-0.25, -0.2) is 0 Å². The van der Waals surface area contributed by atoms with Crippen molar-refractivity contribution in [3.05, 3.63) is 52.0 Å². The second kappa shape index (κ2) is 8.29. The normalized spacial score (nSPS) is 12.4. The standard InChI is InChI=1S/C18H16Cl2N2O4/c19-12-3-1-2-11(8-12)4-5-21-17(23)18(24)22-14-10-16-15(9-13(14)20)25-6-7-26-16/h1-3,8-10H,4-7H2,(H,21,23)(H,22,24). The van der Waals surface area contributed by atoms with Crippen LogP contribution < -0.4 is 20.1 Å². The zero-order valence-electron chi connectivity index (χ0n) is 13.7. The molecule has 0 radical (unpaired) electrons. The van der Waals surface area contributed by atoms with Gasteiger partial charge in [-0.2, -0.15) is 0 Å². The quantitative estimate of drug-likeness (QED) is 0.781. The third kappa shape index (κ3) is 4.59. The first-order chi connectivity index (χ1) is 12.5. The minimum atomic E-state index is -0.810. The Kier molecular flexibility index (Phi) is 5.85. The Bertz CT molecular complexity index is 842. The summed E-state index contributed by atoms with van der Waals surface area (Å²) in [6, 6.07) is 10.4. The lowest BCUT2D eigenvalue weighted by Crippen LogP contribution is -2.36. The molecule has 0 saturated heterocycles. The van der Waals surface area contributed by atoms with Crippen LogP contribution in [0.3, 0.4) is 0 Å². The Hall–Kier alpha value is -2.44. The molecule has 6 nitrogen and oxygen atoms in total. The average Bonchev–Trinajstić information content (AvgIpc) is 2.62. The van der Waals surface area contributed by atoms with Crippen LogP contribution in [-0.2, 0) is 16.0 Å². The third-order valence-electron chi connectivity index (χ3n) is 3.67. The molecule has 136 valence electrons. The third-order valence-corrected chi connectivity index (χ3v) is 4.22. The number of fused-ring (bicyclic) bond motifs is 1. The van der Waals surface area contributed by atoms with Crippen LogP contribution in [-0.4, -0.2) is 31.6 Å². The number of ether oxygens (including phenoxy) is 2. The van der Waals surface area contributed by atoms with E-state index in [1.54, 1.807) is 12.1 Å². The molecule has 8 heteroatoms. The van der Waals surface area contributed by atoms with Gasteiger partial charge in [-0.05, 0) is 24.1 Å². The van der Waals surface area contributed by atoms with Crippen LogP contribution in [0, 0.1) is 0 Å². The van der Waals surface area contributed by atoms with Crippen LogP contribution in [0.5, 0.6) is 11.5 Å². The van der Waals surface area contributed by atoms with Crippen LogP contribution in [0.1, 0.15) is 5.56 Å². The van der Waals surface area contributed by atoms with E-state index >= 15 is 0 Å². The molecule has 0 saturated carbocycles. The van der Waals surface area contributed by atoms with E-state index in [1.165, 1.54) is 6.07 Å². The summed E-state index contributed by atoms with van der Waals surface area (Å²) in [6.45, 7) is 1.15. The molecule has 2 N–H and O–H groups in total. The molecule has 0 spiro atoms. The molecular formula is C18H16Cl2N2O4. The van der Waals surface area contributed by atoms with Crippen molar-refractivity contribution in [2.24, 2.45) is 0 Å². The Morgan fingerprint density at radius 1 is 1.00 bits per heavy atom. The molecule has 1 aliphatic heterocycles. The molecule has 2 amide bonds. The summed E-state index contributed by atoms with van der Waals surface area (Å²) in [5, 5.41) is 5.92. The summed E-state index contributed by atoms with van der Waals surface area (Å²) >= 11 is 12.0. The van der Waals surface area contributed by atoms with Crippen LogP contribution in [0.15, 0.2) is 36.4 Å². The molecule has 2 aromatic rings. The van der Waals surface area contributed by atoms with Crippen molar-refractivity contribution in [1.29, 1.82) is 0 Å². The van der Waals surface area contributed by atoms with E-state index < -0.39 is 11.8 Å². The lowest BCUT2D eigenvalue weighted by atomic mass is 10.1. The van der Waals surface area contributed by atoms with Gasteiger partial charge in [0.25, 0.3) is 0 Å². The highest BCUT2D eigenvalue weighted by atomic mass is 35.5. The lowest BCUT2D eigenvalue weighted by Gasteiger charge is -2.19. The second-order valence-electron chi connectivity index (χ2n) is 5.57. The van der Waals surface area contributed by atoms with E-state index in [1.807, 2.05) is 18.2 Å². The number of rotatable bonds is 4. The van der Waals surface area contributed by atoms with E-state index in [4.69, 9.17) is 32.7 Å². The van der Waals surface area contributed by atoms with Gasteiger partial charge in [-0.3, -0.25) is 9.59 Å². The summed E-state index contributed by atoms with van der Waals surface area (Å²) in [7, 11) is 0. The molecule has 1 heterocycles. The Balaban J connectivity index is 1.55. The maximum Gasteiger partial charge on any atom is 0.313 e. The average molecular weight is 395 g/mol. The van der Waals surface area contributed by atoms with E-state index in [-0.39, 0.29) is 10.7 Å². The Morgan fingerprint density at radius 3 is 2.46 bits per heavy atom. The van der Waals surface area contributed by atoms with Crippen LogP contribution in [0.2, 0.25) is 10.0 Å². The summed E-state index contributed by atoms with van der Waals surface area (Å²) in [4.78, 5) is 24.0. The number of hydrogen-bond acceptors (Lipinski definition) is 4. The first-order valence-electron chi connectivity index (χ1n) is 7.95. The van der Waals surface area contributed by atoms with E-state index in [0.717, 1.165) is 5.56 Å². The Labute approximate surface area is 160 Å². The molecule has 0 atom stereocenters. The van der Waals surface area contributed by atoms with Gasteiger partial charge < -0.3 is 20.1 Å². The number of carbonyl (C=O) groups is 2. The maximum atomic E-state index is 12.1. The molecule has 26 heavy (non-hydrogen) atoms.